The van der Waals surface area contributed by atoms with E-state index in [2.05, 4.69) is 0 Å². The average Bonchev–Trinajstić information content (AvgIpc) is 2.48. The number of carbonyl (C=O) groups is 1. The second-order valence-electron chi connectivity index (χ2n) is 3.34. The highest BCUT2D eigenvalue weighted by Crippen LogP contribution is 2.18. The Morgan fingerprint density at radius 1 is 1.62 bits per heavy atom. The molecule has 0 spiro atoms. The van der Waals surface area contributed by atoms with Gasteiger partial charge in [-0.1, -0.05) is 0 Å². The maximum Gasteiger partial charge on any atom is 0.169 e. The Hall–Kier alpha value is -0.670. The Morgan fingerprint density at radius 3 is 2.77 bits per heavy atom. The van der Waals surface area contributed by atoms with Gasteiger partial charge in [0.15, 0.2) is 5.78 Å². The minimum absolute atomic E-state index is 0.150. The van der Waals surface area contributed by atoms with Crippen molar-refractivity contribution in [2.75, 3.05) is 0 Å². The van der Waals surface area contributed by atoms with Crippen molar-refractivity contribution in [1.29, 1.82) is 0 Å². The zero-order valence-electron chi connectivity index (χ0n) is 8.04. The molecule has 0 aliphatic rings. The number of thiophene rings is 1. The quantitative estimate of drug-likeness (QED) is 0.752. The zero-order valence-corrected chi connectivity index (χ0v) is 8.86. The molecule has 1 atom stereocenters. The van der Waals surface area contributed by atoms with E-state index < -0.39 is 0 Å². The summed E-state index contributed by atoms with van der Waals surface area (Å²) in [5.41, 5.74) is 5.64. The first-order valence-corrected chi connectivity index (χ1v) is 5.26. The van der Waals surface area contributed by atoms with Crippen LogP contribution in [-0.4, -0.2) is 11.8 Å². The molecule has 72 valence electrons. The van der Waals surface area contributed by atoms with E-state index in [1.165, 1.54) is 4.88 Å². The molecule has 0 saturated heterocycles. The van der Waals surface area contributed by atoms with Gasteiger partial charge in [-0.25, -0.2) is 0 Å². The SMILES string of the molecule is CC(=O)c1ccc(CC[C@@H](C)N)s1. The third kappa shape index (κ3) is 3.28. The number of nitrogens with two attached hydrogens (primary N) is 1. The van der Waals surface area contributed by atoms with Crippen molar-refractivity contribution in [1.82, 2.24) is 0 Å². The van der Waals surface area contributed by atoms with Crippen LogP contribution in [0, 0.1) is 0 Å². The Bertz CT molecular complexity index is 291. The summed E-state index contributed by atoms with van der Waals surface area (Å²) in [5, 5.41) is 0. The van der Waals surface area contributed by atoms with Crippen LogP contribution in [0.4, 0.5) is 0 Å². The molecule has 0 aliphatic heterocycles. The van der Waals surface area contributed by atoms with Crippen molar-refractivity contribution in [2.24, 2.45) is 5.73 Å². The minimum Gasteiger partial charge on any atom is -0.328 e. The first-order chi connectivity index (χ1) is 6.09. The maximum atomic E-state index is 11.0. The molecule has 0 fully saturated rings. The lowest BCUT2D eigenvalue weighted by atomic mass is 10.2. The maximum absolute atomic E-state index is 11.0. The van der Waals surface area contributed by atoms with Crippen LogP contribution < -0.4 is 5.73 Å². The monoisotopic (exact) mass is 197 g/mol. The highest BCUT2D eigenvalue weighted by molar-refractivity contribution is 7.14. The van der Waals surface area contributed by atoms with Crippen LogP contribution in [0.15, 0.2) is 12.1 Å². The predicted octanol–water partition coefficient (Wildman–Crippen LogP) is 2.23. The zero-order chi connectivity index (χ0) is 9.84. The molecule has 13 heavy (non-hydrogen) atoms. The Labute approximate surface area is 82.8 Å². The molecule has 0 saturated carbocycles. The predicted molar refractivity (Wildman–Crippen MR) is 56.3 cm³/mol. The van der Waals surface area contributed by atoms with Crippen LogP contribution in [0.1, 0.15) is 34.8 Å². The normalized spacial score (nSPS) is 12.8. The van der Waals surface area contributed by atoms with E-state index in [1.54, 1.807) is 18.3 Å². The van der Waals surface area contributed by atoms with Gasteiger partial charge in [-0.3, -0.25) is 4.79 Å². The number of hydrogen-bond acceptors (Lipinski definition) is 3. The number of aryl methyl sites for hydroxylation is 1. The van der Waals surface area contributed by atoms with Gasteiger partial charge in [0.25, 0.3) is 0 Å². The number of Topliss-reactive ketones (excluding diaryl/α,β-unsaturated/α-hetero) is 1. The second-order valence-corrected chi connectivity index (χ2v) is 4.51. The molecular formula is C10H15NOS. The molecule has 1 heterocycles. The first kappa shape index (κ1) is 10.4. The van der Waals surface area contributed by atoms with Gasteiger partial charge in [-0.15, -0.1) is 11.3 Å². The van der Waals surface area contributed by atoms with Gasteiger partial charge in [-0.05, 0) is 38.8 Å². The Kier molecular flexibility index (Phi) is 3.63. The highest BCUT2D eigenvalue weighted by Gasteiger charge is 2.04. The third-order valence-electron chi connectivity index (χ3n) is 1.85. The van der Waals surface area contributed by atoms with E-state index in [9.17, 15) is 4.79 Å². The first-order valence-electron chi connectivity index (χ1n) is 4.45. The fourth-order valence-corrected chi connectivity index (χ4v) is 1.99. The fraction of sp³-hybridized carbons (Fsp3) is 0.500. The lowest BCUT2D eigenvalue weighted by Gasteiger charge is -2.01. The van der Waals surface area contributed by atoms with E-state index in [1.807, 2.05) is 19.1 Å². The largest absolute Gasteiger partial charge is 0.328 e. The van der Waals surface area contributed by atoms with Crippen LogP contribution >= 0.6 is 11.3 Å². The molecule has 0 radical (unpaired) electrons. The molecule has 0 amide bonds. The summed E-state index contributed by atoms with van der Waals surface area (Å²) in [6.45, 7) is 3.60. The second kappa shape index (κ2) is 4.53. The van der Waals surface area contributed by atoms with Crippen LogP contribution in [0.25, 0.3) is 0 Å². The molecule has 0 aliphatic carbocycles. The summed E-state index contributed by atoms with van der Waals surface area (Å²) in [4.78, 5) is 13.1. The van der Waals surface area contributed by atoms with Crippen LogP contribution in [0.2, 0.25) is 0 Å². The van der Waals surface area contributed by atoms with Gasteiger partial charge in [0.2, 0.25) is 0 Å². The van der Waals surface area contributed by atoms with Crippen molar-refractivity contribution in [3.63, 3.8) is 0 Å². The van der Waals surface area contributed by atoms with Crippen molar-refractivity contribution in [3.05, 3.63) is 21.9 Å². The molecule has 0 aromatic carbocycles. The van der Waals surface area contributed by atoms with Gasteiger partial charge in [-0.2, -0.15) is 0 Å². The summed E-state index contributed by atoms with van der Waals surface area (Å²) in [6, 6.07) is 4.15. The number of rotatable bonds is 4. The topological polar surface area (TPSA) is 43.1 Å². The van der Waals surface area contributed by atoms with Crippen molar-refractivity contribution in [3.8, 4) is 0 Å². The molecule has 1 aromatic rings. The van der Waals surface area contributed by atoms with Crippen LogP contribution in [0.3, 0.4) is 0 Å². The Morgan fingerprint density at radius 2 is 2.31 bits per heavy atom. The van der Waals surface area contributed by atoms with Crippen LogP contribution in [-0.2, 0) is 6.42 Å². The minimum atomic E-state index is 0.150. The van der Waals surface area contributed by atoms with Gasteiger partial charge < -0.3 is 5.73 Å². The smallest absolute Gasteiger partial charge is 0.169 e. The highest BCUT2D eigenvalue weighted by atomic mass is 32.1. The van der Waals surface area contributed by atoms with Crippen molar-refractivity contribution in [2.45, 2.75) is 32.7 Å². The van der Waals surface area contributed by atoms with E-state index >= 15 is 0 Å². The molecule has 3 heteroatoms. The number of carbonyl (C=O) groups excluding carboxylic acids is 1. The number of ketones is 1. The summed E-state index contributed by atoms with van der Waals surface area (Å²) in [6.07, 6.45) is 1.97. The van der Waals surface area contributed by atoms with Crippen molar-refractivity contribution < 1.29 is 4.79 Å². The summed E-state index contributed by atoms with van der Waals surface area (Å²) >= 11 is 1.58. The molecule has 0 bridgehead atoms. The van der Waals surface area contributed by atoms with Crippen molar-refractivity contribution >= 4 is 17.1 Å². The van der Waals surface area contributed by atoms with Gasteiger partial charge in [0.1, 0.15) is 0 Å². The molecule has 2 N–H and O–H groups in total. The van der Waals surface area contributed by atoms with Gasteiger partial charge >= 0.3 is 0 Å². The van der Waals surface area contributed by atoms with E-state index in [0.29, 0.717) is 0 Å². The molecule has 1 aromatic heterocycles. The third-order valence-corrected chi connectivity index (χ3v) is 3.10. The molecule has 2 nitrogen and oxygen atoms in total. The molecule has 0 unspecified atom stereocenters. The van der Waals surface area contributed by atoms with Gasteiger partial charge in [0, 0.05) is 10.9 Å². The van der Waals surface area contributed by atoms with E-state index in [-0.39, 0.29) is 11.8 Å². The molecule has 1 rings (SSSR count). The summed E-state index contributed by atoms with van der Waals surface area (Å²) in [7, 11) is 0. The van der Waals surface area contributed by atoms with Gasteiger partial charge in [0.05, 0.1) is 4.88 Å². The van der Waals surface area contributed by atoms with E-state index in [0.717, 1.165) is 17.7 Å². The average molecular weight is 197 g/mol. The summed E-state index contributed by atoms with van der Waals surface area (Å²) < 4.78 is 0. The van der Waals surface area contributed by atoms with E-state index in [4.69, 9.17) is 5.73 Å². The lowest BCUT2D eigenvalue weighted by molar-refractivity contribution is 0.102. The Balaban J connectivity index is 2.54. The number of hydrogen-bond donors (Lipinski definition) is 1. The molecular weight excluding hydrogens is 182 g/mol. The fourth-order valence-electron chi connectivity index (χ4n) is 1.07. The lowest BCUT2D eigenvalue weighted by Crippen LogP contribution is -2.14. The standard InChI is InChI=1S/C10H15NOS/c1-7(11)3-4-9-5-6-10(13-9)8(2)12/h5-7H,3-4,11H2,1-2H3/t7-/m1/s1. The van der Waals surface area contributed by atoms with Crippen LogP contribution in [0.5, 0.6) is 0 Å². The summed E-state index contributed by atoms with van der Waals surface area (Å²) in [5.74, 6) is 0.150.